The molecule has 30 heavy (non-hydrogen) atoms. The van der Waals surface area contributed by atoms with Gasteiger partial charge in [-0.25, -0.2) is 12.8 Å². The fourth-order valence-electron chi connectivity index (χ4n) is 4.33. The lowest BCUT2D eigenvalue weighted by Crippen LogP contribution is -2.41. The predicted molar refractivity (Wildman–Crippen MR) is 114 cm³/mol. The molecule has 5 nitrogen and oxygen atoms in total. The number of benzene rings is 2. The number of fused-ring (bicyclic) bond motifs is 1. The van der Waals surface area contributed by atoms with E-state index >= 15 is 0 Å². The van der Waals surface area contributed by atoms with E-state index in [1.807, 2.05) is 12.1 Å². The highest BCUT2D eigenvalue weighted by Gasteiger charge is 2.32. The second-order valence-corrected chi connectivity index (χ2v) is 10.2. The molecule has 4 rings (SSSR count). The van der Waals surface area contributed by atoms with Crippen molar-refractivity contribution in [3.05, 3.63) is 58.9 Å². The van der Waals surface area contributed by atoms with E-state index in [4.69, 9.17) is 0 Å². The van der Waals surface area contributed by atoms with Crippen LogP contribution in [0.4, 0.5) is 10.1 Å². The molecule has 1 aliphatic heterocycles. The Morgan fingerprint density at radius 3 is 2.43 bits per heavy atom. The Labute approximate surface area is 177 Å². The Kier molecular flexibility index (Phi) is 5.93. The summed E-state index contributed by atoms with van der Waals surface area (Å²) < 4.78 is 41.7. The van der Waals surface area contributed by atoms with Gasteiger partial charge in [0.25, 0.3) is 0 Å². The quantitative estimate of drug-likeness (QED) is 0.796. The van der Waals surface area contributed by atoms with Gasteiger partial charge in [0.15, 0.2) is 0 Å². The van der Waals surface area contributed by atoms with Crippen molar-refractivity contribution in [1.29, 1.82) is 0 Å². The van der Waals surface area contributed by atoms with Crippen LogP contribution < -0.4 is 5.32 Å². The maximum absolute atomic E-state index is 14.0. The van der Waals surface area contributed by atoms with Gasteiger partial charge >= 0.3 is 0 Å². The van der Waals surface area contributed by atoms with E-state index in [1.165, 1.54) is 15.9 Å². The van der Waals surface area contributed by atoms with E-state index in [9.17, 15) is 17.6 Å². The van der Waals surface area contributed by atoms with Gasteiger partial charge in [-0.1, -0.05) is 12.1 Å². The molecule has 0 saturated carbocycles. The topological polar surface area (TPSA) is 66.5 Å². The smallest absolute Gasteiger partial charge is 0.243 e. The summed E-state index contributed by atoms with van der Waals surface area (Å²) in [6.07, 6.45) is 5.03. The Hall–Kier alpha value is -2.25. The molecule has 1 saturated heterocycles. The molecular formula is C23H27FN2O3S. The zero-order valence-corrected chi connectivity index (χ0v) is 18.0. The second-order valence-electron chi connectivity index (χ2n) is 8.29. The minimum atomic E-state index is -3.57. The number of carbonyl (C=O) groups is 1. The standard InChI is InChI=1S/C23H27FN2O3S/c1-16-6-9-22(21(24)14-16)25-23(27)18-10-12-26(13-11-18)30(28,29)20-8-7-17-4-2-3-5-19(17)15-20/h6-9,14-15,18H,2-5,10-13H2,1H3,(H,25,27). The van der Waals surface area contributed by atoms with Gasteiger partial charge in [0.1, 0.15) is 5.82 Å². The number of amides is 1. The van der Waals surface area contributed by atoms with Crippen molar-refractivity contribution >= 4 is 21.6 Å². The van der Waals surface area contributed by atoms with E-state index in [0.29, 0.717) is 17.7 Å². The number of anilines is 1. The van der Waals surface area contributed by atoms with Crippen molar-refractivity contribution in [3.8, 4) is 0 Å². The van der Waals surface area contributed by atoms with Gasteiger partial charge in [-0.2, -0.15) is 4.31 Å². The summed E-state index contributed by atoms with van der Waals surface area (Å²) in [5, 5.41) is 2.64. The molecular weight excluding hydrogens is 403 g/mol. The third-order valence-electron chi connectivity index (χ3n) is 6.16. The first kappa shape index (κ1) is 21.0. The molecule has 0 bridgehead atoms. The van der Waals surface area contributed by atoms with Crippen molar-refractivity contribution in [2.45, 2.75) is 50.3 Å². The van der Waals surface area contributed by atoms with Crippen molar-refractivity contribution < 1.29 is 17.6 Å². The molecule has 160 valence electrons. The minimum Gasteiger partial charge on any atom is -0.323 e. The van der Waals surface area contributed by atoms with Crippen LogP contribution >= 0.6 is 0 Å². The fourth-order valence-corrected chi connectivity index (χ4v) is 5.85. The number of carbonyl (C=O) groups excluding carboxylic acids is 1. The number of piperidine rings is 1. The molecule has 1 N–H and O–H groups in total. The highest BCUT2D eigenvalue weighted by atomic mass is 32.2. The molecule has 0 aromatic heterocycles. The fraction of sp³-hybridized carbons (Fsp3) is 0.435. The number of halogens is 1. The van der Waals surface area contributed by atoms with Gasteiger partial charge in [-0.05, 0) is 86.4 Å². The molecule has 0 atom stereocenters. The van der Waals surface area contributed by atoms with Crippen molar-refractivity contribution in [2.75, 3.05) is 18.4 Å². The number of hydrogen-bond acceptors (Lipinski definition) is 3. The summed E-state index contributed by atoms with van der Waals surface area (Å²) in [5.41, 5.74) is 3.33. The lowest BCUT2D eigenvalue weighted by atomic mass is 9.92. The summed E-state index contributed by atoms with van der Waals surface area (Å²) in [6, 6.07) is 10.1. The Bertz CT molecular complexity index is 1060. The average molecular weight is 431 g/mol. The summed E-state index contributed by atoms with van der Waals surface area (Å²) in [5.74, 6) is -1.06. The number of sulfonamides is 1. The van der Waals surface area contributed by atoms with Crippen LogP contribution in [0.5, 0.6) is 0 Å². The van der Waals surface area contributed by atoms with Gasteiger partial charge in [-0.15, -0.1) is 0 Å². The predicted octanol–water partition coefficient (Wildman–Crippen LogP) is 4.05. The number of aryl methyl sites for hydroxylation is 3. The Morgan fingerprint density at radius 2 is 1.73 bits per heavy atom. The highest BCUT2D eigenvalue weighted by molar-refractivity contribution is 7.89. The lowest BCUT2D eigenvalue weighted by Gasteiger charge is -2.31. The van der Waals surface area contributed by atoms with Crippen LogP contribution in [0.1, 0.15) is 42.4 Å². The van der Waals surface area contributed by atoms with E-state index in [-0.39, 0.29) is 30.6 Å². The van der Waals surface area contributed by atoms with Crippen LogP contribution in [0, 0.1) is 18.7 Å². The molecule has 1 fully saturated rings. The van der Waals surface area contributed by atoms with Gasteiger partial charge in [0, 0.05) is 19.0 Å². The van der Waals surface area contributed by atoms with Crippen molar-refractivity contribution in [3.63, 3.8) is 0 Å². The molecule has 1 amide bonds. The molecule has 2 aromatic carbocycles. The maximum Gasteiger partial charge on any atom is 0.243 e. The molecule has 1 heterocycles. The van der Waals surface area contributed by atoms with E-state index in [0.717, 1.165) is 36.8 Å². The molecule has 2 aromatic rings. The van der Waals surface area contributed by atoms with E-state index < -0.39 is 15.8 Å². The summed E-state index contributed by atoms with van der Waals surface area (Å²) >= 11 is 0. The number of nitrogens with zero attached hydrogens (tertiary/aromatic N) is 1. The first-order chi connectivity index (χ1) is 14.3. The molecule has 0 unspecified atom stereocenters. The molecule has 2 aliphatic rings. The van der Waals surface area contributed by atoms with Gasteiger partial charge in [-0.3, -0.25) is 4.79 Å². The van der Waals surface area contributed by atoms with Gasteiger partial charge in [0.05, 0.1) is 10.6 Å². The van der Waals surface area contributed by atoms with Gasteiger partial charge in [0.2, 0.25) is 15.9 Å². The first-order valence-electron chi connectivity index (χ1n) is 10.5. The zero-order chi connectivity index (χ0) is 21.3. The summed E-state index contributed by atoms with van der Waals surface area (Å²) in [4.78, 5) is 12.9. The maximum atomic E-state index is 14.0. The van der Waals surface area contributed by atoms with Crippen LogP contribution in [-0.4, -0.2) is 31.7 Å². The Morgan fingerprint density at radius 1 is 1.03 bits per heavy atom. The van der Waals surface area contributed by atoms with Crippen LogP contribution in [0.25, 0.3) is 0 Å². The van der Waals surface area contributed by atoms with Crippen LogP contribution in [0.15, 0.2) is 41.3 Å². The highest BCUT2D eigenvalue weighted by Crippen LogP contribution is 2.29. The number of nitrogens with one attached hydrogen (secondary N) is 1. The molecule has 7 heteroatoms. The lowest BCUT2D eigenvalue weighted by molar-refractivity contribution is -0.120. The number of hydrogen-bond donors (Lipinski definition) is 1. The largest absolute Gasteiger partial charge is 0.323 e. The van der Waals surface area contributed by atoms with Crippen molar-refractivity contribution in [1.82, 2.24) is 4.31 Å². The molecule has 0 spiro atoms. The minimum absolute atomic E-state index is 0.162. The van der Waals surface area contributed by atoms with Crippen LogP contribution in [0.2, 0.25) is 0 Å². The summed E-state index contributed by atoms with van der Waals surface area (Å²) in [6.45, 7) is 2.36. The van der Waals surface area contributed by atoms with Gasteiger partial charge < -0.3 is 5.32 Å². The van der Waals surface area contributed by atoms with Crippen molar-refractivity contribution in [2.24, 2.45) is 5.92 Å². The molecule has 0 radical (unpaired) electrons. The zero-order valence-electron chi connectivity index (χ0n) is 17.2. The third-order valence-corrected chi connectivity index (χ3v) is 8.06. The average Bonchev–Trinajstić information content (AvgIpc) is 2.75. The monoisotopic (exact) mass is 430 g/mol. The van der Waals surface area contributed by atoms with Crippen LogP contribution in [-0.2, 0) is 27.7 Å². The van der Waals surface area contributed by atoms with E-state index in [1.54, 1.807) is 25.1 Å². The number of rotatable bonds is 4. The van der Waals surface area contributed by atoms with E-state index in [2.05, 4.69) is 5.32 Å². The first-order valence-corrected chi connectivity index (χ1v) is 12.0. The SMILES string of the molecule is Cc1ccc(NC(=O)C2CCN(S(=O)(=O)c3ccc4c(c3)CCCC4)CC2)c(F)c1. The normalized spacial score (nSPS) is 18.1. The molecule has 1 aliphatic carbocycles. The Balaban J connectivity index is 1.40. The second kappa shape index (κ2) is 8.47. The summed E-state index contributed by atoms with van der Waals surface area (Å²) in [7, 11) is -3.57. The third kappa shape index (κ3) is 4.27. The van der Waals surface area contributed by atoms with Crippen LogP contribution in [0.3, 0.4) is 0 Å².